The first-order valence-electron chi connectivity index (χ1n) is 7.37. The molecule has 0 amide bonds. The highest BCUT2D eigenvalue weighted by Gasteiger charge is 2.32. The van der Waals surface area contributed by atoms with Crippen molar-refractivity contribution in [2.24, 2.45) is 0 Å². The third kappa shape index (κ3) is 2.84. The number of hydrogen-bond acceptors (Lipinski definition) is 4. The number of allylic oxidation sites excluding steroid dienone is 1. The van der Waals surface area contributed by atoms with E-state index in [1.165, 1.54) is 13.0 Å². The lowest BCUT2D eigenvalue weighted by Gasteiger charge is -2.10. The van der Waals surface area contributed by atoms with Crippen LogP contribution in [0.3, 0.4) is 0 Å². The molecule has 5 heteroatoms. The molecule has 1 atom stereocenters. The van der Waals surface area contributed by atoms with Crippen LogP contribution in [0.4, 0.5) is 0 Å². The number of hydrogen-bond donors (Lipinski definition) is 1. The third-order valence-corrected chi connectivity index (χ3v) is 3.74. The van der Waals surface area contributed by atoms with Gasteiger partial charge in [0.05, 0.1) is 5.57 Å². The number of benzene rings is 2. The van der Waals surface area contributed by atoms with Gasteiger partial charge in [-0.25, -0.2) is 4.79 Å². The van der Waals surface area contributed by atoms with Crippen molar-refractivity contribution in [2.45, 2.75) is 13.0 Å². The SMILES string of the molecule is C[C@H](Oc1cccc(C=C2C(=O)c3ccccc3C2=O)c1)C(=O)O. The molecule has 0 saturated carbocycles. The van der Waals surface area contributed by atoms with E-state index in [-0.39, 0.29) is 17.1 Å². The molecule has 0 heterocycles. The van der Waals surface area contributed by atoms with Gasteiger partial charge in [0.25, 0.3) is 0 Å². The molecule has 0 spiro atoms. The van der Waals surface area contributed by atoms with Gasteiger partial charge in [0.15, 0.2) is 17.7 Å². The Morgan fingerprint density at radius 1 is 1.04 bits per heavy atom. The lowest BCUT2D eigenvalue weighted by Crippen LogP contribution is -2.22. The van der Waals surface area contributed by atoms with Crippen molar-refractivity contribution in [3.05, 3.63) is 70.8 Å². The van der Waals surface area contributed by atoms with Crippen LogP contribution in [0.5, 0.6) is 5.75 Å². The summed E-state index contributed by atoms with van der Waals surface area (Å²) in [6, 6.07) is 13.3. The number of carbonyl (C=O) groups is 3. The van der Waals surface area contributed by atoms with E-state index in [1.54, 1.807) is 48.5 Å². The fraction of sp³-hybridized carbons (Fsp3) is 0.105. The van der Waals surface area contributed by atoms with Gasteiger partial charge in [-0.1, -0.05) is 36.4 Å². The molecule has 5 nitrogen and oxygen atoms in total. The number of aliphatic carboxylic acids is 1. The zero-order valence-electron chi connectivity index (χ0n) is 12.9. The summed E-state index contributed by atoms with van der Waals surface area (Å²) >= 11 is 0. The number of Topliss-reactive ketones (excluding diaryl/α,β-unsaturated/α-hetero) is 2. The van der Waals surface area contributed by atoms with Crippen LogP contribution < -0.4 is 4.74 Å². The Hall–Kier alpha value is -3.21. The summed E-state index contributed by atoms with van der Waals surface area (Å²) in [6.45, 7) is 1.42. The minimum atomic E-state index is -1.07. The number of carboxylic acids is 1. The number of carboxylic acid groups (broad SMARTS) is 1. The van der Waals surface area contributed by atoms with E-state index in [1.807, 2.05) is 0 Å². The molecule has 0 radical (unpaired) electrons. The van der Waals surface area contributed by atoms with Gasteiger partial charge >= 0.3 is 5.97 Å². The highest BCUT2D eigenvalue weighted by Crippen LogP contribution is 2.28. The summed E-state index contributed by atoms with van der Waals surface area (Å²) in [5.74, 6) is -1.33. The van der Waals surface area contributed by atoms with Gasteiger partial charge in [-0.05, 0) is 30.7 Å². The molecule has 24 heavy (non-hydrogen) atoms. The van der Waals surface area contributed by atoms with Crippen molar-refractivity contribution in [3.63, 3.8) is 0 Å². The molecule has 2 aromatic rings. The van der Waals surface area contributed by atoms with Crippen molar-refractivity contribution in [2.75, 3.05) is 0 Å². The van der Waals surface area contributed by atoms with E-state index in [2.05, 4.69) is 0 Å². The molecule has 0 aromatic heterocycles. The predicted molar refractivity (Wildman–Crippen MR) is 87.2 cm³/mol. The van der Waals surface area contributed by atoms with Crippen LogP contribution in [0.1, 0.15) is 33.2 Å². The van der Waals surface area contributed by atoms with E-state index in [0.29, 0.717) is 22.4 Å². The van der Waals surface area contributed by atoms with E-state index in [9.17, 15) is 14.4 Å². The lowest BCUT2D eigenvalue weighted by molar-refractivity contribution is -0.144. The van der Waals surface area contributed by atoms with Gasteiger partial charge in [-0.15, -0.1) is 0 Å². The molecule has 3 rings (SSSR count). The molecular formula is C19H14O5. The maximum Gasteiger partial charge on any atom is 0.344 e. The second-order valence-electron chi connectivity index (χ2n) is 5.43. The molecule has 1 N–H and O–H groups in total. The number of fused-ring (bicyclic) bond motifs is 1. The Kier molecular flexibility index (Phi) is 4.00. The van der Waals surface area contributed by atoms with E-state index in [4.69, 9.17) is 9.84 Å². The molecule has 1 aliphatic carbocycles. The summed E-state index contributed by atoms with van der Waals surface area (Å²) in [5.41, 5.74) is 1.50. The zero-order valence-corrected chi connectivity index (χ0v) is 12.9. The van der Waals surface area contributed by atoms with Crippen molar-refractivity contribution in [1.29, 1.82) is 0 Å². The van der Waals surface area contributed by atoms with Crippen molar-refractivity contribution >= 4 is 23.6 Å². The van der Waals surface area contributed by atoms with E-state index in [0.717, 1.165) is 0 Å². The molecule has 0 saturated heterocycles. The minimum Gasteiger partial charge on any atom is -0.479 e. The van der Waals surface area contributed by atoms with Gasteiger partial charge in [0.1, 0.15) is 5.75 Å². The smallest absolute Gasteiger partial charge is 0.344 e. The van der Waals surface area contributed by atoms with Gasteiger partial charge in [0, 0.05) is 11.1 Å². The quantitative estimate of drug-likeness (QED) is 0.691. The predicted octanol–water partition coefficient (Wildman–Crippen LogP) is 3.00. The van der Waals surface area contributed by atoms with Gasteiger partial charge in [0.2, 0.25) is 0 Å². The number of ketones is 2. The lowest BCUT2D eigenvalue weighted by atomic mass is 10.1. The Labute approximate surface area is 138 Å². The van der Waals surface area contributed by atoms with Crippen LogP contribution >= 0.6 is 0 Å². The van der Waals surface area contributed by atoms with Crippen molar-refractivity contribution < 1.29 is 24.2 Å². The Bertz CT molecular complexity index is 842. The standard InChI is InChI=1S/C19H14O5/c1-11(19(22)23)24-13-6-4-5-12(9-13)10-16-17(20)14-7-2-3-8-15(14)18(16)21/h2-11H,1H3,(H,22,23)/t11-/m0/s1. The molecule has 0 aliphatic heterocycles. The maximum atomic E-state index is 12.4. The molecule has 120 valence electrons. The van der Waals surface area contributed by atoms with E-state index >= 15 is 0 Å². The summed E-state index contributed by atoms with van der Waals surface area (Å²) in [7, 11) is 0. The van der Waals surface area contributed by atoms with Crippen LogP contribution in [-0.4, -0.2) is 28.7 Å². The van der Waals surface area contributed by atoms with Crippen LogP contribution in [-0.2, 0) is 4.79 Å². The second kappa shape index (κ2) is 6.12. The first-order chi connectivity index (χ1) is 11.5. The number of ether oxygens (including phenoxy) is 1. The molecule has 0 unspecified atom stereocenters. The van der Waals surface area contributed by atoms with E-state index < -0.39 is 12.1 Å². The van der Waals surface area contributed by atoms with Crippen molar-refractivity contribution in [1.82, 2.24) is 0 Å². The monoisotopic (exact) mass is 322 g/mol. The Morgan fingerprint density at radius 2 is 1.67 bits per heavy atom. The summed E-state index contributed by atoms with van der Waals surface area (Å²) in [4.78, 5) is 35.6. The second-order valence-corrected chi connectivity index (χ2v) is 5.43. The fourth-order valence-electron chi connectivity index (χ4n) is 2.50. The molecule has 2 aromatic carbocycles. The summed E-state index contributed by atoms with van der Waals surface area (Å²) in [5, 5.41) is 8.89. The summed E-state index contributed by atoms with van der Waals surface area (Å²) < 4.78 is 5.30. The van der Waals surface area contributed by atoms with Gasteiger partial charge in [-0.3, -0.25) is 9.59 Å². The fourth-order valence-corrected chi connectivity index (χ4v) is 2.50. The first kappa shape index (κ1) is 15.7. The Morgan fingerprint density at radius 3 is 2.25 bits per heavy atom. The summed E-state index contributed by atoms with van der Waals surface area (Å²) in [6.07, 6.45) is 0.509. The third-order valence-electron chi connectivity index (χ3n) is 3.74. The van der Waals surface area contributed by atoms with Crippen molar-refractivity contribution in [3.8, 4) is 5.75 Å². The molecule has 1 aliphatic rings. The molecule has 0 bridgehead atoms. The molecule has 0 fully saturated rings. The normalized spacial score (nSPS) is 14.3. The average molecular weight is 322 g/mol. The minimum absolute atomic E-state index is 0.0969. The maximum absolute atomic E-state index is 12.4. The highest BCUT2D eigenvalue weighted by molar-refractivity contribution is 6.41. The van der Waals surface area contributed by atoms with Crippen LogP contribution in [0.2, 0.25) is 0 Å². The largest absolute Gasteiger partial charge is 0.479 e. The van der Waals surface area contributed by atoms with Gasteiger partial charge < -0.3 is 9.84 Å². The van der Waals surface area contributed by atoms with Crippen LogP contribution in [0, 0.1) is 0 Å². The first-order valence-corrected chi connectivity index (χ1v) is 7.37. The number of carbonyl (C=O) groups excluding carboxylic acids is 2. The number of rotatable bonds is 4. The average Bonchev–Trinajstić information content (AvgIpc) is 2.81. The van der Waals surface area contributed by atoms with Crippen LogP contribution in [0.25, 0.3) is 6.08 Å². The highest BCUT2D eigenvalue weighted by atomic mass is 16.5. The Balaban J connectivity index is 1.92. The van der Waals surface area contributed by atoms with Crippen LogP contribution in [0.15, 0.2) is 54.1 Å². The molecular weight excluding hydrogens is 308 g/mol. The van der Waals surface area contributed by atoms with Gasteiger partial charge in [-0.2, -0.15) is 0 Å². The zero-order chi connectivity index (χ0) is 17.3. The topological polar surface area (TPSA) is 80.7 Å².